The molecule has 0 spiro atoms. The highest BCUT2D eigenvalue weighted by atomic mass is 79.9. The van der Waals surface area contributed by atoms with Gasteiger partial charge in [-0.1, -0.05) is 29.3 Å². The quantitative estimate of drug-likeness (QED) is 0.892. The van der Waals surface area contributed by atoms with Crippen LogP contribution in [0.4, 0.5) is 0 Å². The second-order valence-corrected chi connectivity index (χ2v) is 7.32. The molecular formula is C17H23BrO2. The summed E-state index contributed by atoms with van der Waals surface area (Å²) < 4.78 is 6.88. The van der Waals surface area contributed by atoms with Gasteiger partial charge < -0.3 is 9.84 Å². The number of hydrogen-bond acceptors (Lipinski definition) is 2. The van der Waals surface area contributed by atoms with E-state index < -0.39 is 5.60 Å². The van der Waals surface area contributed by atoms with Crippen LogP contribution in [0.25, 0.3) is 0 Å². The number of halogens is 1. The fraction of sp³-hybridized carbons (Fsp3) is 0.647. The third-order valence-electron chi connectivity index (χ3n) is 4.96. The Morgan fingerprint density at radius 1 is 1.35 bits per heavy atom. The van der Waals surface area contributed by atoms with E-state index in [0.717, 1.165) is 61.3 Å². The van der Waals surface area contributed by atoms with Gasteiger partial charge in [0, 0.05) is 17.3 Å². The molecule has 20 heavy (non-hydrogen) atoms. The van der Waals surface area contributed by atoms with Crippen LogP contribution in [0.15, 0.2) is 16.6 Å². The maximum Gasteiger partial charge on any atom is 0.125 e. The summed E-state index contributed by atoms with van der Waals surface area (Å²) in [5.74, 6) is 1.83. The molecule has 3 rings (SSSR count). The van der Waals surface area contributed by atoms with Gasteiger partial charge >= 0.3 is 0 Å². The van der Waals surface area contributed by atoms with Crippen LogP contribution < -0.4 is 4.74 Å². The number of ether oxygens (including phenoxy) is 1. The number of hydrogen-bond donors (Lipinski definition) is 1. The summed E-state index contributed by atoms with van der Waals surface area (Å²) in [6.07, 6.45) is 7.11. The summed E-state index contributed by atoms with van der Waals surface area (Å²) in [7, 11) is 0. The highest BCUT2D eigenvalue weighted by Crippen LogP contribution is 2.40. The van der Waals surface area contributed by atoms with Crippen LogP contribution in [0.5, 0.6) is 5.75 Å². The molecule has 1 fully saturated rings. The lowest BCUT2D eigenvalue weighted by Gasteiger charge is -2.36. The Morgan fingerprint density at radius 3 is 2.80 bits per heavy atom. The predicted molar refractivity (Wildman–Crippen MR) is 84.2 cm³/mol. The van der Waals surface area contributed by atoms with Gasteiger partial charge in [0.25, 0.3) is 0 Å². The molecule has 1 heterocycles. The molecule has 2 nitrogen and oxygen atoms in total. The number of rotatable bonds is 3. The van der Waals surface area contributed by atoms with Gasteiger partial charge in [0.05, 0.1) is 12.2 Å². The summed E-state index contributed by atoms with van der Waals surface area (Å²) >= 11 is 3.58. The van der Waals surface area contributed by atoms with Crippen LogP contribution in [-0.4, -0.2) is 17.3 Å². The molecule has 3 heteroatoms. The SMILES string of the molecule is CCC1CCC(O)(Cc2cc(Br)cc3c2OCC3)CC1. The number of benzene rings is 1. The molecule has 0 saturated heterocycles. The Bertz CT molecular complexity index is 490. The normalized spacial score (nSPS) is 29.1. The lowest BCUT2D eigenvalue weighted by Crippen LogP contribution is -2.36. The molecular weight excluding hydrogens is 316 g/mol. The zero-order chi connectivity index (χ0) is 14.2. The van der Waals surface area contributed by atoms with Gasteiger partial charge in [-0.05, 0) is 54.9 Å². The van der Waals surface area contributed by atoms with Crippen LogP contribution in [0, 0.1) is 5.92 Å². The van der Waals surface area contributed by atoms with Crippen molar-refractivity contribution in [3.63, 3.8) is 0 Å². The van der Waals surface area contributed by atoms with Crippen molar-refractivity contribution in [3.05, 3.63) is 27.7 Å². The van der Waals surface area contributed by atoms with E-state index in [2.05, 4.69) is 35.0 Å². The first kappa shape index (κ1) is 14.4. The van der Waals surface area contributed by atoms with E-state index in [9.17, 15) is 5.11 Å². The third-order valence-corrected chi connectivity index (χ3v) is 5.42. The van der Waals surface area contributed by atoms with Gasteiger partial charge in [0.1, 0.15) is 5.75 Å². The molecule has 1 N–H and O–H groups in total. The predicted octanol–water partition coefficient (Wildman–Crippen LogP) is 4.26. The minimum absolute atomic E-state index is 0.536. The molecule has 0 unspecified atom stereocenters. The maximum atomic E-state index is 10.9. The minimum atomic E-state index is -0.536. The second kappa shape index (κ2) is 5.69. The highest BCUT2D eigenvalue weighted by molar-refractivity contribution is 9.10. The third kappa shape index (κ3) is 2.89. The molecule has 1 aromatic carbocycles. The Labute approximate surface area is 129 Å². The van der Waals surface area contributed by atoms with Crippen molar-refractivity contribution < 1.29 is 9.84 Å². The van der Waals surface area contributed by atoms with Crippen LogP contribution >= 0.6 is 15.9 Å². The zero-order valence-corrected chi connectivity index (χ0v) is 13.7. The Hall–Kier alpha value is -0.540. The largest absolute Gasteiger partial charge is 0.493 e. The second-order valence-electron chi connectivity index (χ2n) is 6.40. The van der Waals surface area contributed by atoms with E-state index in [1.54, 1.807) is 0 Å². The lowest BCUT2D eigenvalue weighted by molar-refractivity contribution is -0.00962. The molecule has 2 aliphatic rings. The van der Waals surface area contributed by atoms with E-state index in [-0.39, 0.29) is 0 Å². The molecule has 0 atom stereocenters. The average Bonchev–Trinajstić information content (AvgIpc) is 2.87. The highest BCUT2D eigenvalue weighted by Gasteiger charge is 2.34. The van der Waals surface area contributed by atoms with Gasteiger partial charge in [-0.2, -0.15) is 0 Å². The van der Waals surface area contributed by atoms with Gasteiger partial charge in [-0.15, -0.1) is 0 Å². The van der Waals surface area contributed by atoms with Crippen LogP contribution in [0.2, 0.25) is 0 Å². The first-order chi connectivity index (χ1) is 9.59. The fourth-order valence-electron chi connectivity index (χ4n) is 3.63. The van der Waals surface area contributed by atoms with Gasteiger partial charge in [0.2, 0.25) is 0 Å². The summed E-state index contributed by atoms with van der Waals surface area (Å²) in [4.78, 5) is 0. The number of fused-ring (bicyclic) bond motifs is 1. The molecule has 1 aromatic rings. The van der Waals surface area contributed by atoms with E-state index in [0.29, 0.717) is 0 Å². The summed E-state index contributed by atoms with van der Waals surface area (Å²) in [5, 5.41) is 10.9. The van der Waals surface area contributed by atoms with Crippen molar-refractivity contribution in [2.45, 2.75) is 57.5 Å². The van der Waals surface area contributed by atoms with Gasteiger partial charge in [-0.3, -0.25) is 0 Å². The van der Waals surface area contributed by atoms with Gasteiger partial charge in [0.15, 0.2) is 0 Å². The molecule has 0 radical (unpaired) electrons. The molecule has 0 amide bonds. The standard InChI is InChI=1S/C17H23BrO2/c1-2-12-3-6-17(19,7-4-12)11-14-10-15(18)9-13-5-8-20-16(13)14/h9-10,12,19H,2-8,11H2,1H3. The number of aliphatic hydroxyl groups is 1. The van der Waals surface area contributed by atoms with Crippen molar-refractivity contribution in [3.8, 4) is 5.75 Å². The molecule has 1 aliphatic heterocycles. The first-order valence-electron chi connectivity index (χ1n) is 7.76. The smallest absolute Gasteiger partial charge is 0.125 e. The van der Waals surface area contributed by atoms with Crippen molar-refractivity contribution in [1.29, 1.82) is 0 Å². The van der Waals surface area contributed by atoms with Crippen molar-refractivity contribution in [2.24, 2.45) is 5.92 Å². The molecule has 0 bridgehead atoms. The molecule has 0 aromatic heterocycles. The monoisotopic (exact) mass is 338 g/mol. The summed E-state index contributed by atoms with van der Waals surface area (Å²) in [6.45, 7) is 3.03. The molecule has 110 valence electrons. The Kier molecular flexibility index (Phi) is 4.09. The molecule has 1 aliphatic carbocycles. The van der Waals surface area contributed by atoms with Crippen molar-refractivity contribution in [1.82, 2.24) is 0 Å². The van der Waals surface area contributed by atoms with E-state index in [1.807, 2.05) is 0 Å². The summed E-state index contributed by atoms with van der Waals surface area (Å²) in [5.41, 5.74) is 1.91. The van der Waals surface area contributed by atoms with Crippen LogP contribution in [0.3, 0.4) is 0 Å². The van der Waals surface area contributed by atoms with E-state index >= 15 is 0 Å². The minimum Gasteiger partial charge on any atom is -0.493 e. The zero-order valence-electron chi connectivity index (χ0n) is 12.1. The van der Waals surface area contributed by atoms with E-state index in [4.69, 9.17) is 4.74 Å². The first-order valence-corrected chi connectivity index (χ1v) is 8.55. The maximum absolute atomic E-state index is 10.9. The fourth-order valence-corrected chi connectivity index (χ4v) is 4.18. The molecule has 1 saturated carbocycles. The van der Waals surface area contributed by atoms with Crippen molar-refractivity contribution >= 4 is 15.9 Å². The topological polar surface area (TPSA) is 29.5 Å². The van der Waals surface area contributed by atoms with E-state index in [1.165, 1.54) is 17.5 Å². The van der Waals surface area contributed by atoms with Gasteiger partial charge in [-0.25, -0.2) is 0 Å². The van der Waals surface area contributed by atoms with Crippen molar-refractivity contribution in [2.75, 3.05) is 6.61 Å². The Morgan fingerprint density at radius 2 is 2.10 bits per heavy atom. The summed E-state index contributed by atoms with van der Waals surface area (Å²) in [6, 6.07) is 4.26. The van der Waals surface area contributed by atoms with Crippen LogP contribution in [-0.2, 0) is 12.8 Å². The average molecular weight is 339 g/mol. The lowest BCUT2D eigenvalue weighted by atomic mass is 9.75. The Balaban J connectivity index is 1.78. The van der Waals surface area contributed by atoms with Crippen LogP contribution in [0.1, 0.15) is 50.2 Å².